The lowest BCUT2D eigenvalue weighted by Crippen LogP contribution is -2.18. The van der Waals surface area contributed by atoms with Gasteiger partial charge in [0, 0.05) is 6.54 Å². The first-order chi connectivity index (χ1) is 5.77. The Morgan fingerprint density at radius 2 is 1.92 bits per heavy atom. The second-order valence-corrected chi connectivity index (χ2v) is 3.66. The van der Waals surface area contributed by atoms with Crippen LogP contribution in [0.1, 0.15) is 46.5 Å². The van der Waals surface area contributed by atoms with Crippen molar-refractivity contribution in [2.45, 2.75) is 46.5 Å². The summed E-state index contributed by atoms with van der Waals surface area (Å²) in [5.74, 6) is 0.619. The van der Waals surface area contributed by atoms with Gasteiger partial charge in [-0.3, -0.25) is 0 Å². The molecule has 0 aromatic carbocycles. The number of nitrogens with one attached hydrogen (secondary N) is 1. The summed E-state index contributed by atoms with van der Waals surface area (Å²) in [7, 11) is 0. The highest BCUT2D eigenvalue weighted by Crippen LogP contribution is 1.97. The van der Waals surface area contributed by atoms with Gasteiger partial charge in [-0.2, -0.15) is 0 Å². The van der Waals surface area contributed by atoms with E-state index in [1.54, 1.807) is 0 Å². The quantitative estimate of drug-likeness (QED) is 0.450. The van der Waals surface area contributed by atoms with Crippen molar-refractivity contribution in [3.63, 3.8) is 0 Å². The van der Waals surface area contributed by atoms with Gasteiger partial charge >= 0.3 is 0 Å². The van der Waals surface area contributed by atoms with Crippen molar-refractivity contribution in [1.29, 1.82) is 0 Å². The van der Waals surface area contributed by atoms with Gasteiger partial charge in [-0.25, -0.2) is 5.48 Å². The van der Waals surface area contributed by atoms with Crippen LogP contribution in [-0.2, 0) is 4.84 Å². The van der Waals surface area contributed by atoms with Gasteiger partial charge in [-0.05, 0) is 12.3 Å². The van der Waals surface area contributed by atoms with Crippen LogP contribution in [0.5, 0.6) is 0 Å². The highest BCUT2D eigenvalue weighted by atomic mass is 16.6. The average molecular weight is 173 g/mol. The number of rotatable bonds is 8. The van der Waals surface area contributed by atoms with E-state index in [1.165, 1.54) is 25.7 Å². The molecule has 0 rings (SSSR count). The lowest BCUT2D eigenvalue weighted by Gasteiger charge is -2.07. The fraction of sp³-hybridized carbons (Fsp3) is 1.00. The molecule has 0 atom stereocenters. The third-order valence-corrected chi connectivity index (χ3v) is 1.65. The van der Waals surface area contributed by atoms with Gasteiger partial charge < -0.3 is 4.84 Å². The maximum atomic E-state index is 5.23. The summed E-state index contributed by atoms with van der Waals surface area (Å²) in [6.07, 6.45) is 5.18. The molecule has 0 heterocycles. The Labute approximate surface area is 76.6 Å². The Hall–Kier alpha value is -0.0800. The molecule has 0 saturated heterocycles. The molecule has 0 aliphatic rings. The van der Waals surface area contributed by atoms with E-state index in [0.29, 0.717) is 5.92 Å². The summed E-state index contributed by atoms with van der Waals surface area (Å²) in [4.78, 5) is 5.23. The van der Waals surface area contributed by atoms with E-state index in [1.807, 2.05) is 0 Å². The average Bonchev–Trinajstić information content (AvgIpc) is 2.02. The molecule has 0 aromatic heterocycles. The third kappa shape index (κ3) is 9.92. The molecule has 12 heavy (non-hydrogen) atoms. The molecule has 74 valence electrons. The molecule has 2 nitrogen and oxygen atoms in total. The molecule has 0 saturated carbocycles. The van der Waals surface area contributed by atoms with Crippen LogP contribution in [0.25, 0.3) is 0 Å². The smallest absolute Gasteiger partial charge is 0.0705 e. The zero-order chi connectivity index (χ0) is 9.23. The predicted octanol–water partition coefficient (Wildman–Crippen LogP) is 2.74. The molecular weight excluding hydrogens is 150 g/mol. The molecule has 0 unspecified atom stereocenters. The lowest BCUT2D eigenvalue weighted by atomic mass is 10.2. The van der Waals surface area contributed by atoms with Crippen molar-refractivity contribution in [2.75, 3.05) is 13.2 Å². The minimum atomic E-state index is 0.619. The Morgan fingerprint density at radius 1 is 1.17 bits per heavy atom. The van der Waals surface area contributed by atoms with E-state index in [0.717, 1.165) is 13.2 Å². The molecule has 0 aliphatic heterocycles. The molecular formula is C10H23NO. The Balaban J connectivity index is 2.82. The topological polar surface area (TPSA) is 21.3 Å². The van der Waals surface area contributed by atoms with Crippen molar-refractivity contribution >= 4 is 0 Å². The van der Waals surface area contributed by atoms with E-state index in [2.05, 4.69) is 26.3 Å². The second kappa shape index (κ2) is 9.01. The van der Waals surface area contributed by atoms with Crippen molar-refractivity contribution < 1.29 is 4.84 Å². The molecule has 1 N–H and O–H groups in total. The summed E-state index contributed by atoms with van der Waals surface area (Å²) >= 11 is 0. The SMILES string of the molecule is CCCCCCNOCC(C)C. The van der Waals surface area contributed by atoms with Gasteiger partial charge in [-0.1, -0.05) is 40.0 Å². The lowest BCUT2D eigenvalue weighted by molar-refractivity contribution is 0.0232. The van der Waals surface area contributed by atoms with Gasteiger partial charge in [0.2, 0.25) is 0 Å². The first-order valence-electron chi connectivity index (χ1n) is 5.12. The normalized spacial score (nSPS) is 11.0. The Morgan fingerprint density at radius 3 is 2.50 bits per heavy atom. The summed E-state index contributed by atoms with van der Waals surface area (Å²) < 4.78 is 0. The number of hydroxylamine groups is 1. The standard InChI is InChI=1S/C10H23NO/c1-4-5-6-7-8-11-12-9-10(2)3/h10-11H,4-9H2,1-3H3. The largest absolute Gasteiger partial charge is 0.302 e. The van der Waals surface area contributed by atoms with Crippen LogP contribution in [0.15, 0.2) is 0 Å². The molecule has 0 spiro atoms. The minimum absolute atomic E-state index is 0.619. The zero-order valence-electron chi connectivity index (χ0n) is 8.73. The van der Waals surface area contributed by atoms with E-state index < -0.39 is 0 Å². The van der Waals surface area contributed by atoms with E-state index in [9.17, 15) is 0 Å². The van der Waals surface area contributed by atoms with Crippen LogP contribution in [0.3, 0.4) is 0 Å². The van der Waals surface area contributed by atoms with Crippen molar-refractivity contribution in [3.05, 3.63) is 0 Å². The van der Waals surface area contributed by atoms with Crippen LogP contribution in [0, 0.1) is 5.92 Å². The molecule has 0 aliphatic carbocycles. The number of unbranched alkanes of at least 4 members (excludes halogenated alkanes) is 3. The molecule has 0 radical (unpaired) electrons. The van der Waals surface area contributed by atoms with E-state index in [4.69, 9.17) is 4.84 Å². The third-order valence-electron chi connectivity index (χ3n) is 1.65. The Bertz CT molecular complexity index is 83.9. The zero-order valence-corrected chi connectivity index (χ0v) is 8.73. The van der Waals surface area contributed by atoms with Gasteiger partial charge in [0.05, 0.1) is 6.61 Å². The van der Waals surface area contributed by atoms with Gasteiger partial charge in [0.25, 0.3) is 0 Å². The fourth-order valence-electron chi connectivity index (χ4n) is 0.922. The molecule has 0 amide bonds. The summed E-state index contributed by atoms with van der Waals surface area (Å²) in [5, 5.41) is 0. The second-order valence-electron chi connectivity index (χ2n) is 3.66. The van der Waals surface area contributed by atoms with Crippen molar-refractivity contribution in [1.82, 2.24) is 5.48 Å². The monoisotopic (exact) mass is 173 g/mol. The first kappa shape index (κ1) is 11.9. The van der Waals surface area contributed by atoms with Crippen LogP contribution in [-0.4, -0.2) is 13.2 Å². The van der Waals surface area contributed by atoms with E-state index in [-0.39, 0.29) is 0 Å². The summed E-state index contributed by atoms with van der Waals surface area (Å²) in [6, 6.07) is 0. The fourth-order valence-corrected chi connectivity index (χ4v) is 0.922. The van der Waals surface area contributed by atoms with Crippen LogP contribution in [0.2, 0.25) is 0 Å². The maximum Gasteiger partial charge on any atom is 0.0705 e. The predicted molar refractivity (Wildman–Crippen MR) is 52.9 cm³/mol. The highest BCUT2D eigenvalue weighted by Gasteiger charge is 1.92. The molecule has 0 fully saturated rings. The van der Waals surface area contributed by atoms with E-state index >= 15 is 0 Å². The van der Waals surface area contributed by atoms with Crippen molar-refractivity contribution in [3.8, 4) is 0 Å². The summed E-state index contributed by atoms with van der Waals surface area (Å²) in [6.45, 7) is 8.33. The Kier molecular flexibility index (Phi) is 8.95. The van der Waals surface area contributed by atoms with Crippen LogP contribution >= 0.6 is 0 Å². The molecule has 2 heteroatoms. The summed E-state index contributed by atoms with van der Waals surface area (Å²) in [5.41, 5.74) is 2.98. The molecule has 0 aromatic rings. The van der Waals surface area contributed by atoms with Gasteiger partial charge in [-0.15, -0.1) is 0 Å². The minimum Gasteiger partial charge on any atom is -0.302 e. The van der Waals surface area contributed by atoms with Crippen LogP contribution < -0.4 is 5.48 Å². The maximum absolute atomic E-state index is 5.23. The van der Waals surface area contributed by atoms with Gasteiger partial charge in [0.1, 0.15) is 0 Å². The first-order valence-corrected chi connectivity index (χ1v) is 5.12. The molecule has 0 bridgehead atoms. The van der Waals surface area contributed by atoms with Gasteiger partial charge in [0.15, 0.2) is 0 Å². The van der Waals surface area contributed by atoms with Crippen LogP contribution in [0.4, 0.5) is 0 Å². The number of hydrogen-bond donors (Lipinski definition) is 1. The number of hydrogen-bond acceptors (Lipinski definition) is 2. The van der Waals surface area contributed by atoms with Crippen molar-refractivity contribution in [2.24, 2.45) is 5.92 Å². The highest BCUT2D eigenvalue weighted by molar-refractivity contribution is 4.42.